The van der Waals surface area contributed by atoms with E-state index in [9.17, 15) is 10.1 Å². The first-order chi connectivity index (χ1) is 11.0. The van der Waals surface area contributed by atoms with E-state index in [1.54, 1.807) is 11.8 Å². The smallest absolute Gasteiger partial charge is 0.161 e. The number of hydrogen-bond acceptors (Lipinski definition) is 4. The van der Waals surface area contributed by atoms with Gasteiger partial charge < -0.3 is 5.32 Å². The van der Waals surface area contributed by atoms with E-state index < -0.39 is 0 Å². The van der Waals surface area contributed by atoms with Crippen molar-refractivity contribution in [2.24, 2.45) is 17.3 Å². The Morgan fingerprint density at radius 2 is 2.13 bits per heavy atom. The highest BCUT2D eigenvalue weighted by molar-refractivity contribution is 8.02. The van der Waals surface area contributed by atoms with Gasteiger partial charge in [-0.3, -0.25) is 4.79 Å². The number of ketones is 1. The van der Waals surface area contributed by atoms with Crippen LogP contribution in [0.25, 0.3) is 0 Å². The van der Waals surface area contributed by atoms with Crippen molar-refractivity contribution in [3.05, 3.63) is 34.0 Å². The maximum Gasteiger partial charge on any atom is 0.161 e. The van der Waals surface area contributed by atoms with E-state index in [4.69, 9.17) is 0 Å². The molecule has 2 atom stereocenters. The van der Waals surface area contributed by atoms with Crippen LogP contribution >= 0.6 is 11.8 Å². The number of Topliss-reactive ketones (excluding diaryl/α,β-unsaturated/α-hetero) is 1. The largest absolute Gasteiger partial charge is 0.352 e. The number of hydrogen-bond donors (Lipinski definition) is 1. The molecule has 0 saturated heterocycles. The summed E-state index contributed by atoms with van der Waals surface area (Å²) in [6.07, 6.45) is 11.0. The van der Waals surface area contributed by atoms with Crippen molar-refractivity contribution < 1.29 is 4.79 Å². The quantitative estimate of drug-likeness (QED) is 0.768. The van der Waals surface area contributed by atoms with Gasteiger partial charge >= 0.3 is 0 Å². The van der Waals surface area contributed by atoms with Gasteiger partial charge in [0.2, 0.25) is 0 Å². The number of nitrogens with one attached hydrogen (secondary N) is 1. The topological polar surface area (TPSA) is 52.9 Å². The van der Waals surface area contributed by atoms with Gasteiger partial charge in [-0.15, -0.1) is 11.8 Å². The number of carbonyl (C=O) groups is 1. The summed E-state index contributed by atoms with van der Waals surface area (Å²) in [5.74, 6) is 0.581. The van der Waals surface area contributed by atoms with Gasteiger partial charge in [0.15, 0.2) is 5.78 Å². The number of nitriles is 1. The van der Waals surface area contributed by atoms with Crippen LogP contribution in [0.15, 0.2) is 34.0 Å². The number of dihydropyridines is 1. The molecule has 23 heavy (non-hydrogen) atoms. The van der Waals surface area contributed by atoms with Gasteiger partial charge in [0.1, 0.15) is 0 Å². The van der Waals surface area contributed by atoms with Gasteiger partial charge in [-0.1, -0.05) is 26.0 Å². The SMILES string of the molecule is CSC1=C(C#N)[C@H]([C@@H]2CC=CCC2)C2=C(CC(C)(C)CC2=O)N1. The summed E-state index contributed by atoms with van der Waals surface area (Å²) in [5.41, 5.74) is 2.73. The molecule has 0 spiro atoms. The first-order valence-electron chi connectivity index (χ1n) is 8.33. The van der Waals surface area contributed by atoms with Crippen LogP contribution < -0.4 is 5.32 Å². The zero-order valence-corrected chi connectivity index (χ0v) is 14.9. The Balaban J connectivity index is 2.09. The van der Waals surface area contributed by atoms with E-state index in [1.807, 2.05) is 6.26 Å². The molecule has 3 aliphatic rings. The lowest BCUT2D eigenvalue weighted by atomic mass is 9.66. The summed E-state index contributed by atoms with van der Waals surface area (Å²) in [4.78, 5) is 12.9. The van der Waals surface area contributed by atoms with Crippen molar-refractivity contribution in [1.29, 1.82) is 5.26 Å². The Labute approximate surface area is 142 Å². The first kappa shape index (κ1) is 16.4. The molecule has 0 saturated carbocycles. The summed E-state index contributed by atoms with van der Waals surface area (Å²) in [6, 6.07) is 2.41. The molecule has 122 valence electrons. The number of nitrogens with zero attached hydrogens (tertiary/aromatic N) is 1. The molecule has 3 nitrogen and oxygen atoms in total. The van der Waals surface area contributed by atoms with Crippen molar-refractivity contribution >= 4 is 17.5 Å². The lowest BCUT2D eigenvalue weighted by Gasteiger charge is -2.41. The Hall–Kier alpha value is -1.47. The Morgan fingerprint density at radius 1 is 1.35 bits per heavy atom. The van der Waals surface area contributed by atoms with Crippen molar-refractivity contribution in [2.45, 2.75) is 46.0 Å². The molecule has 1 aliphatic heterocycles. The van der Waals surface area contributed by atoms with Crippen LogP contribution in [0.4, 0.5) is 0 Å². The molecule has 0 amide bonds. The van der Waals surface area contributed by atoms with Crippen LogP contribution in [0.5, 0.6) is 0 Å². The van der Waals surface area contributed by atoms with Crippen LogP contribution in [-0.2, 0) is 4.79 Å². The van der Waals surface area contributed by atoms with Crippen molar-refractivity contribution in [2.75, 3.05) is 6.26 Å². The van der Waals surface area contributed by atoms with E-state index >= 15 is 0 Å². The van der Waals surface area contributed by atoms with Gasteiger partial charge in [0, 0.05) is 23.6 Å². The van der Waals surface area contributed by atoms with Crippen LogP contribution in [0.2, 0.25) is 0 Å². The molecular formula is C19H24N2OS. The van der Waals surface area contributed by atoms with Crippen LogP contribution in [0.1, 0.15) is 46.0 Å². The molecule has 1 N–H and O–H groups in total. The Kier molecular flexibility index (Phi) is 4.42. The summed E-state index contributed by atoms with van der Waals surface area (Å²) in [5, 5.41) is 14.1. The fourth-order valence-corrected chi connectivity index (χ4v) is 4.79. The van der Waals surface area contributed by atoms with Crippen LogP contribution in [0, 0.1) is 28.6 Å². The van der Waals surface area contributed by atoms with Crippen LogP contribution in [-0.4, -0.2) is 12.0 Å². The number of thioether (sulfide) groups is 1. The van der Waals surface area contributed by atoms with Gasteiger partial charge in [0.05, 0.1) is 16.7 Å². The van der Waals surface area contributed by atoms with E-state index in [0.29, 0.717) is 12.3 Å². The van der Waals surface area contributed by atoms with Gasteiger partial charge in [0.25, 0.3) is 0 Å². The summed E-state index contributed by atoms with van der Waals surface area (Å²) >= 11 is 1.59. The molecule has 0 radical (unpaired) electrons. The third-order valence-corrected chi connectivity index (χ3v) is 5.89. The predicted octanol–water partition coefficient (Wildman–Crippen LogP) is 4.30. The average Bonchev–Trinajstić information content (AvgIpc) is 2.52. The zero-order chi connectivity index (χ0) is 16.6. The molecule has 0 fully saturated rings. The second kappa shape index (κ2) is 6.20. The fraction of sp³-hybridized carbons (Fsp3) is 0.579. The van der Waals surface area contributed by atoms with Crippen molar-refractivity contribution in [3.63, 3.8) is 0 Å². The molecule has 4 heteroatoms. The molecule has 3 rings (SSSR count). The molecule has 0 bridgehead atoms. The molecule has 1 heterocycles. The minimum absolute atomic E-state index is 0.00635. The Bertz CT molecular complexity index is 663. The monoisotopic (exact) mass is 328 g/mol. The number of allylic oxidation sites excluding steroid dienone is 5. The van der Waals surface area contributed by atoms with E-state index in [2.05, 4.69) is 37.4 Å². The van der Waals surface area contributed by atoms with Gasteiger partial charge in [-0.2, -0.15) is 5.26 Å². The molecular weight excluding hydrogens is 304 g/mol. The molecule has 0 aromatic carbocycles. The lowest BCUT2D eigenvalue weighted by molar-refractivity contribution is -0.118. The average molecular weight is 328 g/mol. The second-order valence-electron chi connectivity index (χ2n) is 7.54. The first-order valence-corrected chi connectivity index (χ1v) is 9.56. The molecule has 0 aromatic heterocycles. The standard InChI is InChI=1S/C19H24N2OS/c1-19(2)9-14-17(15(22)10-19)16(12-7-5-4-6-8-12)13(11-20)18(21-14)23-3/h4-5,12,16,21H,6-10H2,1-3H3/t12-,16+/m1/s1. The van der Waals surface area contributed by atoms with Crippen molar-refractivity contribution in [3.8, 4) is 6.07 Å². The lowest BCUT2D eigenvalue weighted by Crippen LogP contribution is -2.39. The minimum Gasteiger partial charge on any atom is -0.352 e. The highest BCUT2D eigenvalue weighted by atomic mass is 32.2. The molecule has 2 aliphatic carbocycles. The number of rotatable bonds is 2. The number of carbonyl (C=O) groups excluding carboxylic acids is 1. The zero-order valence-electron chi connectivity index (χ0n) is 14.1. The van der Waals surface area contributed by atoms with E-state index in [-0.39, 0.29) is 17.1 Å². The molecule has 0 unspecified atom stereocenters. The van der Waals surface area contributed by atoms with E-state index in [1.165, 1.54) is 0 Å². The van der Waals surface area contributed by atoms with Gasteiger partial charge in [-0.25, -0.2) is 0 Å². The summed E-state index contributed by atoms with van der Waals surface area (Å²) < 4.78 is 0. The predicted molar refractivity (Wildman–Crippen MR) is 94.3 cm³/mol. The summed E-state index contributed by atoms with van der Waals surface area (Å²) in [6.45, 7) is 4.30. The third kappa shape index (κ3) is 2.99. The third-order valence-electron chi connectivity index (χ3n) is 5.16. The van der Waals surface area contributed by atoms with Gasteiger partial charge in [-0.05, 0) is 43.3 Å². The molecule has 0 aromatic rings. The Morgan fingerprint density at radius 3 is 2.74 bits per heavy atom. The second-order valence-corrected chi connectivity index (χ2v) is 8.36. The highest BCUT2D eigenvalue weighted by Gasteiger charge is 2.43. The van der Waals surface area contributed by atoms with E-state index in [0.717, 1.165) is 47.6 Å². The maximum atomic E-state index is 12.9. The summed E-state index contributed by atoms with van der Waals surface area (Å²) in [7, 11) is 0. The minimum atomic E-state index is -0.0211. The maximum absolute atomic E-state index is 12.9. The fourth-order valence-electron chi connectivity index (χ4n) is 4.17. The normalized spacial score (nSPS) is 29.9. The van der Waals surface area contributed by atoms with Crippen molar-refractivity contribution in [1.82, 2.24) is 5.32 Å². The highest BCUT2D eigenvalue weighted by Crippen LogP contribution is 2.48. The van der Waals surface area contributed by atoms with Crippen LogP contribution in [0.3, 0.4) is 0 Å².